The molecule has 0 saturated carbocycles. The second kappa shape index (κ2) is 14.5. The molecule has 0 aliphatic heterocycles. The number of ether oxygens (including phenoxy) is 1. The van der Waals surface area contributed by atoms with Gasteiger partial charge in [0.15, 0.2) is 0 Å². The molecule has 39 heavy (non-hydrogen) atoms. The molecular formula is C27H27N5O7. The van der Waals surface area contributed by atoms with Crippen LogP contribution in [0.3, 0.4) is 0 Å². The molecule has 12 heteroatoms. The Kier molecular flexibility index (Phi) is 10.5. The van der Waals surface area contributed by atoms with Crippen LogP contribution in [-0.4, -0.2) is 47.9 Å². The SMILES string of the molecule is O=C(CNC(=O)OCc1ccccc1)NCC(=O)N[C@@H](Cc1ccccc1)C(=O)Nc1ccc([N+](=O)[O-])cc1. The molecule has 4 N–H and O–H groups in total. The van der Waals surface area contributed by atoms with E-state index in [1.54, 1.807) is 48.5 Å². The maximum atomic E-state index is 12.9. The van der Waals surface area contributed by atoms with Crippen LogP contribution in [0.1, 0.15) is 11.1 Å². The number of rotatable bonds is 12. The first-order chi connectivity index (χ1) is 18.8. The van der Waals surface area contributed by atoms with Crippen LogP contribution in [0.4, 0.5) is 16.2 Å². The van der Waals surface area contributed by atoms with Crippen LogP contribution >= 0.6 is 0 Å². The van der Waals surface area contributed by atoms with Gasteiger partial charge >= 0.3 is 6.09 Å². The number of hydrogen-bond donors (Lipinski definition) is 4. The Balaban J connectivity index is 1.49. The van der Waals surface area contributed by atoms with Gasteiger partial charge in [-0.2, -0.15) is 0 Å². The lowest BCUT2D eigenvalue weighted by Crippen LogP contribution is -2.49. The quantitative estimate of drug-likeness (QED) is 0.204. The Morgan fingerprint density at radius 2 is 1.36 bits per heavy atom. The number of anilines is 1. The van der Waals surface area contributed by atoms with E-state index >= 15 is 0 Å². The number of nitrogens with zero attached hydrogens (tertiary/aromatic N) is 1. The number of alkyl carbamates (subject to hydrolysis) is 1. The van der Waals surface area contributed by atoms with E-state index in [0.717, 1.165) is 11.1 Å². The molecule has 3 aromatic rings. The number of benzene rings is 3. The van der Waals surface area contributed by atoms with Crippen molar-refractivity contribution >= 4 is 35.2 Å². The smallest absolute Gasteiger partial charge is 0.407 e. The Morgan fingerprint density at radius 1 is 0.769 bits per heavy atom. The lowest BCUT2D eigenvalue weighted by molar-refractivity contribution is -0.384. The minimum absolute atomic E-state index is 0.0431. The third-order valence-corrected chi connectivity index (χ3v) is 5.33. The first-order valence-electron chi connectivity index (χ1n) is 11.9. The lowest BCUT2D eigenvalue weighted by Gasteiger charge is -2.19. The molecule has 0 unspecified atom stereocenters. The van der Waals surface area contributed by atoms with Gasteiger partial charge in [-0.3, -0.25) is 24.5 Å². The Labute approximate surface area is 223 Å². The Morgan fingerprint density at radius 3 is 1.97 bits per heavy atom. The van der Waals surface area contributed by atoms with Gasteiger partial charge in [0.05, 0.1) is 11.5 Å². The molecule has 0 fully saturated rings. The van der Waals surface area contributed by atoms with Crippen LogP contribution < -0.4 is 21.3 Å². The third kappa shape index (κ3) is 9.96. The summed E-state index contributed by atoms with van der Waals surface area (Å²) in [5, 5.41) is 20.7. The summed E-state index contributed by atoms with van der Waals surface area (Å²) in [4.78, 5) is 59.6. The van der Waals surface area contributed by atoms with E-state index in [2.05, 4.69) is 21.3 Å². The van der Waals surface area contributed by atoms with Gasteiger partial charge in [0.2, 0.25) is 17.7 Å². The molecule has 0 bridgehead atoms. The van der Waals surface area contributed by atoms with Crippen LogP contribution in [-0.2, 0) is 32.1 Å². The molecule has 202 valence electrons. The zero-order valence-corrected chi connectivity index (χ0v) is 20.8. The highest BCUT2D eigenvalue weighted by molar-refractivity contribution is 5.98. The molecule has 12 nitrogen and oxygen atoms in total. The minimum Gasteiger partial charge on any atom is -0.445 e. The largest absolute Gasteiger partial charge is 0.445 e. The van der Waals surface area contributed by atoms with Gasteiger partial charge in [-0.05, 0) is 23.3 Å². The number of carbonyl (C=O) groups excluding carboxylic acids is 4. The van der Waals surface area contributed by atoms with E-state index in [0.29, 0.717) is 5.69 Å². The van der Waals surface area contributed by atoms with Crippen molar-refractivity contribution in [2.45, 2.75) is 19.1 Å². The van der Waals surface area contributed by atoms with E-state index in [4.69, 9.17) is 4.74 Å². The summed E-state index contributed by atoms with van der Waals surface area (Å²) in [5.41, 5.74) is 1.76. The lowest BCUT2D eigenvalue weighted by atomic mass is 10.0. The van der Waals surface area contributed by atoms with Crippen LogP contribution in [0.15, 0.2) is 84.9 Å². The number of nitro groups is 1. The maximum absolute atomic E-state index is 12.9. The van der Waals surface area contributed by atoms with Crippen LogP contribution in [0.5, 0.6) is 0 Å². The van der Waals surface area contributed by atoms with Gasteiger partial charge in [-0.25, -0.2) is 4.79 Å². The molecule has 0 aliphatic rings. The van der Waals surface area contributed by atoms with Crippen LogP contribution in [0.2, 0.25) is 0 Å². The first-order valence-corrected chi connectivity index (χ1v) is 11.9. The maximum Gasteiger partial charge on any atom is 0.407 e. The van der Waals surface area contributed by atoms with Crippen molar-refractivity contribution in [3.8, 4) is 0 Å². The van der Waals surface area contributed by atoms with Crippen molar-refractivity contribution in [3.05, 3.63) is 106 Å². The second-order valence-electron chi connectivity index (χ2n) is 8.30. The third-order valence-electron chi connectivity index (χ3n) is 5.33. The summed E-state index contributed by atoms with van der Waals surface area (Å²) in [6.07, 6.45) is -0.627. The summed E-state index contributed by atoms with van der Waals surface area (Å²) >= 11 is 0. The highest BCUT2D eigenvalue weighted by Gasteiger charge is 2.22. The summed E-state index contributed by atoms with van der Waals surface area (Å²) in [6.45, 7) is -0.800. The van der Waals surface area contributed by atoms with Crippen LogP contribution in [0, 0.1) is 10.1 Å². The fourth-order valence-corrected chi connectivity index (χ4v) is 3.37. The van der Waals surface area contributed by atoms with E-state index in [9.17, 15) is 29.3 Å². The monoisotopic (exact) mass is 533 g/mol. The first kappa shape index (κ1) is 28.3. The van der Waals surface area contributed by atoms with Crippen LogP contribution in [0.25, 0.3) is 0 Å². The van der Waals surface area contributed by atoms with Gasteiger partial charge in [0, 0.05) is 24.2 Å². The molecule has 0 heterocycles. The number of carbonyl (C=O) groups is 4. The second-order valence-corrected chi connectivity index (χ2v) is 8.30. The average Bonchev–Trinajstić information content (AvgIpc) is 2.95. The number of nitrogens with one attached hydrogen (secondary N) is 4. The van der Waals surface area contributed by atoms with Crippen molar-refractivity contribution in [2.24, 2.45) is 0 Å². The predicted octanol–water partition coefficient (Wildman–Crippen LogP) is 2.30. The fourth-order valence-electron chi connectivity index (χ4n) is 3.37. The standard InChI is InChI=1S/C27H27N5O7/c33-24(16-29-27(36)39-18-20-9-5-2-6-10-20)28-17-25(34)31-23(15-19-7-3-1-4-8-19)26(35)30-21-11-13-22(14-12-21)32(37)38/h1-14,23H,15-18H2,(H,28,33)(H,29,36)(H,30,35)(H,31,34)/t23-/m0/s1. The van der Waals surface area contributed by atoms with Gasteiger partial charge in [-0.1, -0.05) is 60.7 Å². The molecule has 0 aliphatic carbocycles. The number of nitro benzene ring substituents is 1. The zero-order valence-electron chi connectivity index (χ0n) is 20.8. The van der Waals surface area contributed by atoms with E-state index in [1.807, 2.05) is 12.1 Å². The highest BCUT2D eigenvalue weighted by Crippen LogP contribution is 2.16. The zero-order chi connectivity index (χ0) is 28.0. The Bertz CT molecular complexity index is 1280. The van der Waals surface area contributed by atoms with Gasteiger partial charge in [0.1, 0.15) is 19.2 Å². The summed E-state index contributed by atoms with van der Waals surface area (Å²) in [5.74, 6) is -1.80. The van der Waals surface area contributed by atoms with Gasteiger partial charge < -0.3 is 26.0 Å². The van der Waals surface area contributed by atoms with E-state index in [-0.39, 0.29) is 18.7 Å². The number of non-ortho nitro benzene ring substituents is 1. The molecule has 3 aromatic carbocycles. The molecule has 0 aromatic heterocycles. The normalized spacial score (nSPS) is 11.0. The number of amides is 4. The summed E-state index contributed by atoms with van der Waals surface area (Å²) < 4.78 is 5.02. The van der Waals surface area contributed by atoms with Crippen molar-refractivity contribution < 1.29 is 28.8 Å². The van der Waals surface area contributed by atoms with Crippen molar-refractivity contribution in [3.63, 3.8) is 0 Å². The van der Waals surface area contributed by atoms with Gasteiger partial charge in [0.25, 0.3) is 5.69 Å². The van der Waals surface area contributed by atoms with E-state index in [1.165, 1.54) is 24.3 Å². The fraction of sp³-hybridized carbons (Fsp3) is 0.185. The number of hydrogen-bond acceptors (Lipinski definition) is 7. The molecule has 0 spiro atoms. The predicted molar refractivity (Wildman–Crippen MR) is 141 cm³/mol. The van der Waals surface area contributed by atoms with Crippen molar-refractivity contribution in [2.75, 3.05) is 18.4 Å². The molecule has 4 amide bonds. The molecule has 1 atom stereocenters. The summed E-state index contributed by atoms with van der Waals surface area (Å²) in [6, 6.07) is 22.3. The molecule has 3 rings (SSSR count). The summed E-state index contributed by atoms with van der Waals surface area (Å²) in [7, 11) is 0. The highest BCUT2D eigenvalue weighted by atomic mass is 16.6. The topological polar surface area (TPSA) is 169 Å². The Hall–Kier alpha value is -5.26. The average molecular weight is 534 g/mol. The van der Waals surface area contributed by atoms with Gasteiger partial charge in [-0.15, -0.1) is 0 Å². The van der Waals surface area contributed by atoms with Crippen molar-refractivity contribution in [1.29, 1.82) is 0 Å². The molecular weight excluding hydrogens is 506 g/mol. The molecule has 0 radical (unpaired) electrons. The minimum atomic E-state index is -1.00. The van der Waals surface area contributed by atoms with E-state index < -0.39 is 47.9 Å². The molecule has 0 saturated heterocycles. The van der Waals surface area contributed by atoms with Crippen molar-refractivity contribution in [1.82, 2.24) is 16.0 Å².